The van der Waals surface area contributed by atoms with Crippen molar-refractivity contribution in [3.63, 3.8) is 0 Å². The van der Waals surface area contributed by atoms with Crippen molar-refractivity contribution in [3.05, 3.63) is 47.3 Å². The van der Waals surface area contributed by atoms with E-state index >= 15 is 0 Å². The van der Waals surface area contributed by atoms with Crippen molar-refractivity contribution in [2.45, 2.75) is 18.9 Å². The molecule has 0 spiro atoms. The Hall–Kier alpha value is -0.860. The second-order valence-electron chi connectivity index (χ2n) is 3.35. The molecule has 0 fully saturated rings. The quantitative estimate of drug-likeness (QED) is 0.757. The van der Waals surface area contributed by atoms with Gasteiger partial charge in [0.1, 0.15) is 5.82 Å². The lowest BCUT2D eigenvalue weighted by Gasteiger charge is -2.17. The van der Waals surface area contributed by atoms with E-state index < -0.39 is 0 Å². The van der Waals surface area contributed by atoms with Gasteiger partial charge in [-0.3, -0.25) is 0 Å². The molecule has 0 aliphatic rings. The van der Waals surface area contributed by atoms with Crippen LogP contribution in [0, 0.1) is 5.82 Å². The molecule has 0 radical (unpaired) electrons. The molecule has 0 saturated heterocycles. The summed E-state index contributed by atoms with van der Waals surface area (Å²) in [5, 5.41) is 3.33. The van der Waals surface area contributed by atoms with E-state index in [-0.39, 0.29) is 16.9 Å². The van der Waals surface area contributed by atoms with Crippen LogP contribution in [0.2, 0.25) is 5.02 Å². The highest BCUT2D eigenvalue weighted by molar-refractivity contribution is 6.31. The molecule has 15 heavy (non-hydrogen) atoms. The fourth-order valence-corrected chi connectivity index (χ4v) is 1.79. The van der Waals surface area contributed by atoms with Gasteiger partial charge in [-0.05, 0) is 31.5 Å². The van der Waals surface area contributed by atoms with Crippen LogP contribution in [-0.2, 0) is 0 Å². The van der Waals surface area contributed by atoms with E-state index in [1.807, 2.05) is 19.2 Å². The molecule has 0 aliphatic carbocycles. The van der Waals surface area contributed by atoms with Crippen molar-refractivity contribution < 1.29 is 4.39 Å². The predicted octanol–water partition coefficient (Wildman–Crippen LogP) is 3.71. The van der Waals surface area contributed by atoms with Crippen LogP contribution in [0.5, 0.6) is 0 Å². The van der Waals surface area contributed by atoms with Crippen molar-refractivity contribution in [1.29, 1.82) is 0 Å². The number of halogens is 2. The van der Waals surface area contributed by atoms with Crippen molar-refractivity contribution in [1.82, 2.24) is 5.32 Å². The van der Waals surface area contributed by atoms with Gasteiger partial charge in [0.2, 0.25) is 0 Å². The van der Waals surface area contributed by atoms with Gasteiger partial charge in [-0.25, -0.2) is 4.39 Å². The summed E-state index contributed by atoms with van der Waals surface area (Å²) >= 11 is 5.90. The second kappa shape index (κ2) is 5.89. The molecule has 0 aliphatic heterocycles. The normalized spacial score (nSPS) is 12.5. The molecule has 1 aromatic rings. The lowest BCUT2D eigenvalue weighted by molar-refractivity contribution is 0.547. The van der Waals surface area contributed by atoms with Crippen LogP contribution >= 0.6 is 11.6 Å². The Labute approximate surface area is 95.0 Å². The molecule has 0 amide bonds. The second-order valence-corrected chi connectivity index (χ2v) is 3.73. The minimum Gasteiger partial charge on any atom is -0.313 e. The smallest absolute Gasteiger partial charge is 0.142 e. The molecule has 1 rings (SSSR count). The number of hydrogen-bond acceptors (Lipinski definition) is 1. The van der Waals surface area contributed by atoms with Crippen molar-refractivity contribution in [2.24, 2.45) is 0 Å². The largest absolute Gasteiger partial charge is 0.313 e. The SMILES string of the molecule is C=CCCC(NC)c1cccc(F)c1Cl. The van der Waals surface area contributed by atoms with E-state index in [1.54, 1.807) is 6.07 Å². The highest BCUT2D eigenvalue weighted by Crippen LogP contribution is 2.28. The third-order valence-electron chi connectivity index (χ3n) is 2.36. The number of benzene rings is 1. The maximum Gasteiger partial charge on any atom is 0.142 e. The van der Waals surface area contributed by atoms with Crippen LogP contribution in [0.15, 0.2) is 30.9 Å². The van der Waals surface area contributed by atoms with E-state index in [4.69, 9.17) is 11.6 Å². The molecule has 3 heteroatoms. The summed E-state index contributed by atoms with van der Waals surface area (Å²) in [5.41, 5.74) is 0.806. The first-order valence-electron chi connectivity index (χ1n) is 4.92. The van der Waals surface area contributed by atoms with Crippen molar-refractivity contribution >= 4 is 11.6 Å². The highest BCUT2D eigenvalue weighted by Gasteiger charge is 2.14. The lowest BCUT2D eigenvalue weighted by atomic mass is 10.0. The van der Waals surface area contributed by atoms with Crippen LogP contribution in [0.25, 0.3) is 0 Å². The Morgan fingerprint density at radius 1 is 1.60 bits per heavy atom. The molecular formula is C12H15ClFN. The lowest BCUT2D eigenvalue weighted by Crippen LogP contribution is -2.16. The van der Waals surface area contributed by atoms with Gasteiger partial charge in [0.15, 0.2) is 0 Å². The van der Waals surface area contributed by atoms with Gasteiger partial charge >= 0.3 is 0 Å². The van der Waals surface area contributed by atoms with E-state index in [1.165, 1.54) is 6.07 Å². The molecule has 0 aromatic heterocycles. The Morgan fingerprint density at radius 2 is 2.33 bits per heavy atom. The van der Waals surface area contributed by atoms with E-state index in [2.05, 4.69) is 11.9 Å². The third kappa shape index (κ3) is 3.05. The van der Waals surface area contributed by atoms with E-state index in [0.29, 0.717) is 0 Å². The summed E-state index contributed by atoms with van der Waals surface area (Å²) in [4.78, 5) is 0. The van der Waals surface area contributed by atoms with Crippen LogP contribution in [0.4, 0.5) is 4.39 Å². The zero-order valence-electron chi connectivity index (χ0n) is 8.76. The predicted molar refractivity (Wildman–Crippen MR) is 62.6 cm³/mol. The Kier molecular flexibility index (Phi) is 4.79. The number of rotatable bonds is 5. The van der Waals surface area contributed by atoms with Gasteiger partial charge in [-0.1, -0.05) is 29.8 Å². The monoisotopic (exact) mass is 227 g/mol. The fraction of sp³-hybridized carbons (Fsp3) is 0.333. The average Bonchev–Trinajstić information content (AvgIpc) is 2.25. The fourth-order valence-electron chi connectivity index (χ4n) is 1.53. The Bertz CT molecular complexity index is 338. The van der Waals surface area contributed by atoms with Crippen LogP contribution in [0.3, 0.4) is 0 Å². The van der Waals surface area contributed by atoms with Crippen LogP contribution < -0.4 is 5.32 Å². The molecule has 0 saturated carbocycles. The average molecular weight is 228 g/mol. The summed E-state index contributed by atoms with van der Waals surface area (Å²) < 4.78 is 13.2. The molecule has 1 atom stereocenters. The minimum atomic E-state index is -0.368. The molecule has 82 valence electrons. The summed E-state index contributed by atoms with van der Waals surface area (Å²) in [7, 11) is 1.84. The molecule has 1 nitrogen and oxygen atoms in total. The van der Waals surface area contributed by atoms with Gasteiger partial charge in [-0.2, -0.15) is 0 Å². The number of hydrogen-bond donors (Lipinski definition) is 1. The van der Waals surface area contributed by atoms with Gasteiger partial charge in [0.05, 0.1) is 5.02 Å². The van der Waals surface area contributed by atoms with Crippen LogP contribution in [-0.4, -0.2) is 7.05 Å². The van der Waals surface area contributed by atoms with Crippen LogP contribution in [0.1, 0.15) is 24.4 Å². The molecule has 1 N–H and O–H groups in total. The zero-order valence-corrected chi connectivity index (χ0v) is 9.52. The number of allylic oxidation sites excluding steroid dienone is 1. The standard InChI is InChI=1S/C12H15ClFN/c1-3-4-8-11(15-2)9-6-5-7-10(14)12(9)13/h3,5-7,11,15H,1,4,8H2,2H3. The molecule has 1 unspecified atom stereocenters. The first-order chi connectivity index (χ1) is 7.20. The summed E-state index contributed by atoms with van der Waals surface area (Å²) in [6.45, 7) is 3.67. The Balaban J connectivity index is 2.90. The summed E-state index contributed by atoms with van der Waals surface area (Å²) in [6.07, 6.45) is 3.58. The molecule has 1 aromatic carbocycles. The minimum absolute atomic E-state index is 0.0752. The Morgan fingerprint density at radius 3 is 2.93 bits per heavy atom. The number of nitrogens with one attached hydrogen (secondary N) is 1. The molecular weight excluding hydrogens is 213 g/mol. The maximum atomic E-state index is 13.2. The molecule has 0 heterocycles. The van der Waals surface area contributed by atoms with E-state index in [9.17, 15) is 4.39 Å². The molecule has 0 bridgehead atoms. The van der Waals surface area contributed by atoms with Gasteiger partial charge in [0.25, 0.3) is 0 Å². The van der Waals surface area contributed by atoms with Crippen molar-refractivity contribution in [3.8, 4) is 0 Å². The first-order valence-corrected chi connectivity index (χ1v) is 5.30. The maximum absolute atomic E-state index is 13.2. The van der Waals surface area contributed by atoms with Crippen molar-refractivity contribution in [2.75, 3.05) is 7.05 Å². The van der Waals surface area contributed by atoms with E-state index in [0.717, 1.165) is 18.4 Å². The summed E-state index contributed by atoms with van der Waals surface area (Å²) in [5.74, 6) is -0.368. The van der Waals surface area contributed by atoms with Gasteiger partial charge in [0, 0.05) is 6.04 Å². The highest BCUT2D eigenvalue weighted by atomic mass is 35.5. The first kappa shape index (κ1) is 12.2. The topological polar surface area (TPSA) is 12.0 Å². The van der Waals surface area contributed by atoms with Gasteiger partial charge in [-0.15, -0.1) is 6.58 Å². The zero-order chi connectivity index (χ0) is 11.3. The summed E-state index contributed by atoms with van der Waals surface area (Å²) in [6, 6.07) is 4.96. The third-order valence-corrected chi connectivity index (χ3v) is 2.76. The van der Waals surface area contributed by atoms with Gasteiger partial charge < -0.3 is 5.32 Å².